The van der Waals surface area contributed by atoms with Gasteiger partial charge >= 0.3 is 30.0 Å². The minimum atomic E-state index is -1.47. The molecular formula is C22H33NO11. The predicted molar refractivity (Wildman–Crippen MR) is 113 cm³/mol. The Hall–Kier alpha value is -2.89. The fourth-order valence-corrected chi connectivity index (χ4v) is 4.41. The third-order valence-corrected chi connectivity index (χ3v) is 5.39. The number of hydrogen-bond donors (Lipinski definition) is 1. The highest BCUT2D eigenvalue weighted by molar-refractivity contribution is 5.83. The maximum absolute atomic E-state index is 12.7. The number of rotatable bonds is 8. The summed E-state index contributed by atoms with van der Waals surface area (Å²) >= 11 is 0. The molecule has 1 saturated carbocycles. The lowest BCUT2D eigenvalue weighted by molar-refractivity contribution is -0.314. The van der Waals surface area contributed by atoms with Gasteiger partial charge in [0.2, 0.25) is 0 Å². The van der Waals surface area contributed by atoms with Gasteiger partial charge in [-0.1, -0.05) is 0 Å². The Balaban J connectivity index is 2.46. The number of carbonyl (C=O) groups excluding carboxylic acids is 5. The van der Waals surface area contributed by atoms with Crippen LogP contribution in [0.1, 0.15) is 60.8 Å². The molecule has 12 heteroatoms. The van der Waals surface area contributed by atoms with Gasteiger partial charge in [0.15, 0.2) is 5.60 Å². The largest absolute Gasteiger partial charge is 0.467 e. The summed E-state index contributed by atoms with van der Waals surface area (Å²) in [5.74, 6) is -2.54. The van der Waals surface area contributed by atoms with Crippen molar-refractivity contribution >= 4 is 30.0 Å². The number of nitrogens with one attached hydrogen (secondary N) is 1. The van der Waals surface area contributed by atoms with E-state index in [1.54, 1.807) is 20.8 Å². The molecule has 0 aromatic carbocycles. The summed E-state index contributed by atoms with van der Waals surface area (Å²) in [7, 11) is 1.19. The molecule has 34 heavy (non-hydrogen) atoms. The van der Waals surface area contributed by atoms with E-state index in [0.29, 0.717) is 0 Å². The van der Waals surface area contributed by atoms with Crippen molar-refractivity contribution in [3.63, 3.8) is 0 Å². The Labute approximate surface area is 197 Å². The highest BCUT2D eigenvalue weighted by atomic mass is 16.6. The van der Waals surface area contributed by atoms with E-state index in [9.17, 15) is 24.0 Å². The maximum atomic E-state index is 12.7. The number of ether oxygens (including phenoxy) is 6. The van der Waals surface area contributed by atoms with Crippen molar-refractivity contribution in [2.24, 2.45) is 0 Å². The van der Waals surface area contributed by atoms with Gasteiger partial charge in [-0.3, -0.25) is 14.4 Å². The van der Waals surface area contributed by atoms with E-state index in [1.807, 2.05) is 0 Å². The van der Waals surface area contributed by atoms with Crippen LogP contribution in [0.15, 0.2) is 0 Å². The second-order valence-electron chi connectivity index (χ2n) is 9.48. The highest BCUT2D eigenvalue weighted by Gasteiger charge is 2.74. The first-order valence-electron chi connectivity index (χ1n) is 10.9. The van der Waals surface area contributed by atoms with Crippen molar-refractivity contribution in [1.82, 2.24) is 5.32 Å². The van der Waals surface area contributed by atoms with Gasteiger partial charge < -0.3 is 33.7 Å². The lowest BCUT2D eigenvalue weighted by atomic mass is 9.59. The minimum absolute atomic E-state index is 0.0102. The van der Waals surface area contributed by atoms with Crippen LogP contribution in [-0.2, 0) is 47.6 Å². The Kier molecular flexibility index (Phi) is 8.18. The standard InChI is InChI=1S/C22H33NO11/c1-12(24)30-9-8-15(31-13(2)25)16-17(23-19(28)34-20(4,5)6)21(32-14(3)26)10-22(11-21,33-16)18(27)29-7/h15-17H,8-11H2,1-7H3,(H,23,28). The summed E-state index contributed by atoms with van der Waals surface area (Å²) in [5.41, 5.74) is -3.65. The molecule has 0 aromatic heterocycles. The average molecular weight is 488 g/mol. The molecule has 0 aromatic rings. The summed E-state index contributed by atoms with van der Waals surface area (Å²) in [6, 6.07) is -1.06. The molecule has 0 radical (unpaired) electrons. The summed E-state index contributed by atoms with van der Waals surface area (Å²) in [5, 5.41) is 2.67. The van der Waals surface area contributed by atoms with Gasteiger partial charge in [-0.05, 0) is 20.8 Å². The van der Waals surface area contributed by atoms with E-state index in [0.717, 1.165) is 0 Å². The molecule has 3 aliphatic rings. The van der Waals surface area contributed by atoms with E-state index >= 15 is 0 Å². The number of amides is 1. The highest BCUT2D eigenvalue weighted by Crippen LogP contribution is 2.56. The zero-order valence-corrected chi connectivity index (χ0v) is 20.6. The average Bonchev–Trinajstić information content (AvgIpc) is 2.64. The molecule has 1 amide bonds. The summed E-state index contributed by atoms with van der Waals surface area (Å²) in [6.07, 6.45) is -3.23. The lowest BCUT2D eigenvalue weighted by Crippen LogP contribution is -2.81. The van der Waals surface area contributed by atoms with Crippen molar-refractivity contribution in [3.05, 3.63) is 0 Å². The van der Waals surface area contributed by atoms with E-state index in [4.69, 9.17) is 28.4 Å². The molecule has 3 fully saturated rings. The molecular weight excluding hydrogens is 454 g/mol. The van der Waals surface area contributed by atoms with Crippen LogP contribution < -0.4 is 5.32 Å². The molecule has 192 valence electrons. The molecule has 3 rings (SSSR count). The van der Waals surface area contributed by atoms with Crippen LogP contribution in [0.2, 0.25) is 0 Å². The van der Waals surface area contributed by atoms with E-state index < -0.39 is 65.0 Å². The molecule has 2 aliphatic heterocycles. The van der Waals surface area contributed by atoms with E-state index in [-0.39, 0.29) is 25.9 Å². The Bertz CT molecular complexity index is 825. The minimum Gasteiger partial charge on any atom is -0.467 e. The second kappa shape index (κ2) is 10.2. The van der Waals surface area contributed by atoms with Crippen molar-refractivity contribution in [2.45, 2.75) is 95.9 Å². The zero-order valence-electron chi connectivity index (χ0n) is 20.6. The molecule has 2 saturated heterocycles. The van der Waals surface area contributed by atoms with Crippen LogP contribution in [0.5, 0.6) is 0 Å². The maximum Gasteiger partial charge on any atom is 0.408 e. The summed E-state index contributed by atoms with van der Waals surface area (Å²) < 4.78 is 32.4. The van der Waals surface area contributed by atoms with Crippen LogP contribution in [-0.4, -0.2) is 78.7 Å². The Morgan fingerprint density at radius 1 is 1.03 bits per heavy atom. The van der Waals surface area contributed by atoms with Gasteiger partial charge in [0.25, 0.3) is 0 Å². The summed E-state index contributed by atoms with van der Waals surface area (Å²) in [6.45, 7) is 8.50. The van der Waals surface area contributed by atoms with Crippen LogP contribution in [0.4, 0.5) is 4.79 Å². The number of alkyl carbamates (subject to hydrolysis) is 1. The third kappa shape index (κ3) is 6.37. The van der Waals surface area contributed by atoms with Gasteiger partial charge in [0, 0.05) is 40.0 Å². The number of carbonyl (C=O) groups is 5. The van der Waals surface area contributed by atoms with Crippen LogP contribution in [0.25, 0.3) is 0 Å². The number of fused-ring (bicyclic) bond motifs is 2. The second-order valence-corrected chi connectivity index (χ2v) is 9.48. The predicted octanol–water partition coefficient (Wildman–Crippen LogP) is 1.17. The molecule has 3 atom stereocenters. The molecule has 12 nitrogen and oxygen atoms in total. The summed E-state index contributed by atoms with van der Waals surface area (Å²) in [4.78, 5) is 60.3. The fourth-order valence-electron chi connectivity index (χ4n) is 4.41. The van der Waals surface area contributed by atoms with Gasteiger partial charge in [-0.2, -0.15) is 0 Å². The first kappa shape index (κ1) is 27.4. The van der Waals surface area contributed by atoms with Gasteiger partial charge in [-0.25, -0.2) is 9.59 Å². The van der Waals surface area contributed by atoms with Gasteiger partial charge in [-0.15, -0.1) is 0 Å². The van der Waals surface area contributed by atoms with E-state index in [2.05, 4.69) is 5.32 Å². The van der Waals surface area contributed by atoms with Crippen LogP contribution >= 0.6 is 0 Å². The molecule has 2 heterocycles. The van der Waals surface area contributed by atoms with Gasteiger partial charge in [0.1, 0.15) is 29.5 Å². The Morgan fingerprint density at radius 2 is 1.65 bits per heavy atom. The molecule has 0 spiro atoms. The van der Waals surface area contributed by atoms with Crippen LogP contribution in [0.3, 0.4) is 0 Å². The molecule has 2 bridgehead atoms. The Morgan fingerprint density at radius 3 is 2.12 bits per heavy atom. The first-order valence-corrected chi connectivity index (χ1v) is 10.9. The number of methoxy groups -OCH3 is 1. The first-order chi connectivity index (χ1) is 15.6. The molecule has 3 unspecified atom stereocenters. The number of hydrogen-bond acceptors (Lipinski definition) is 11. The topological polar surface area (TPSA) is 153 Å². The van der Waals surface area contributed by atoms with Crippen molar-refractivity contribution in [1.29, 1.82) is 0 Å². The monoisotopic (exact) mass is 487 g/mol. The van der Waals surface area contributed by atoms with Crippen LogP contribution in [0, 0.1) is 0 Å². The normalized spacial score (nSPS) is 28.4. The quantitative estimate of drug-likeness (QED) is 0.388. The molecule has 1 N–H and O–H groups in total. The number of esters is 4. The van der Waals surface area contributed by atoms with Crippen molar-refractivity contribution < 1.29 is 52.4 Å². The molecule has 1 aliphatic carbocycles. The lowest BCUT2D eigenvalue weighted by Gasteiger charge is -2.63. The SMILES string of the molecule is COC(=O)C12CC(OC(C)=O)(C1)C(NC(=O)OC(C)(C)C)C(C(CCOC(C)=O)OC(C)=O)O2. The van der Waals surface area contributed by atoms with Crippen molar-refractivity contribution in [3.8, 4) is 0 Å². The third-order valence-electron chi connectivity index (χ3n) is 5.39. The smallest absolute Gasteiger partial charge is 0.408 e. The van der Waals surface area contributed by atoms with E-state index in [1.165, 1.54) is 27.9 Å². The van der Waals surface area contributed by atoms with Crippen molar-refractivity contribution in [2.75, 3.05) is 13.7 Å². The van der Waals surface area contributed by atoms with Gasteiger partial charge in [0.05, 0.1) is 13.7 Å². The zero-order chi connectivity index (χ0) is 25.9. The fraction of sp³-hybridized carbons (Fsp3) is 0.773.